The fourth-order valence-corrected chi connectivity index (χ4v) is 1.69. The highest BCUT2D eigenvalue weighted by Gasteiger charge is 2.18. The van der Waals surface area contributed by atoms with E-state index in [4.69, 9.17) is 32.2 Å². The molecule has 2 aromatic rings. The van der Waals surface area contributed by atoms with Gasteiger partial charge in [-0.1, -0.05) is 24.4 Å². The summed E-state index contributed by atoms with van der Waals surface area (Å²) in [5, 5.41) is 18.8. The number of hydrogen-bond acceptors (Lipinski definition) is 5. The first kappa shape index (κ1) is 12.8. The number of para-hydroxylation sites is 1. The molecule has 6 heteroatoms. The topological polar surface area (TPSA) is 88.9 Å². The molecular formula is C12H13NO4S. The Balaban J connectivity index is 2.39. The normalized spacial score (nSPS) is 12.6. The van der Waals surface area contributed by atoms with Gasteiger partial charge in [-0.05, 0) is 12.1 Å². The average Bonchev–Trinajstić information content (AvgIpc) is 2.75. The molecule has 4 N–H and O–H groups in total. The first-order valence-corrected chi connectivity index (χ1v) is 5.77. The Morgan fingerprint density at radius 2 is 2.17 bits per heavy atom. The van der Waals surface area contributed by atoms with Crippen LogP contribution in [-0.2, 0) is 0 Å². The van der Waals surface area contributed by atoms with E-state index in [1.54, 1.807) is 12.1 Å². The summed E-state index contributed by atoms with van der Waals surface area (Å²) in [6, 6.07) is 7.23. The van der Waals surface area contributed by atoms with Crippen LogP contribution in [0.25, 0.3) is 11.0 Å². The number of hydrogen-bond donors (Lipinski definition) is 3. The molecule has 1 atom stereocenters. The fourth-order valence-electron chi connectivity index (χ4n) is 1.56. The molecule has 1 aromatic carbocycles. The van der Waals surface area contributed by atoms with Crippen LogP contribution in [0.5, 0.6) is 5.75 Å². The molecule has 0 fully saturated rings. The van der Waals surface area contributed by atoms with E-state index in [0.29, 0.717) is 11.3 Å². The molecule has 1 heterocycles. The van der Waals surface area contributed by atoms with Gasteiger partial charge in [0.05, 0.1) is 12.0 Å². The maximum atomic E-state index is 9.29. The molecule has 0 aliphatic carbocycles. The molecule has 0 radical (unpaired) electrons. The summed E-state index contributed by atoms with van der Waals surface area (Å²) in [4.78, 5) is 0.0830. The van der Waals surface area contributed by atoms with Gasteiger partial charge < -0.3 is 25.1 Å². The van der Waals surface area contributed by atoms with Crippen LogP contribution in [0.15, 0.2) is 28.7 Å². The quantitative estimate of drug-likeness (QED) is 0.694. The van der Waals surface area contributed by atoms with E-state index in [1.165, 1.54) is 0 Å². The highest BCUT2D eigenvalue weighted by atomic mass is 32.1. The molecule has 96 valence electrons. The molecule has 0 aliphatic rings. The fraction of sp³-hybridized carbons (Fsp3) is 0.250. The molecule has 0 aliphatic heterocycles. The third-order valence-corrected chi connectivity index (χ3v) is 2.59. The minimum absolute atomic E-state index is 0.0599. The summed E-state index contributed by atoms with van der Waals surface area (Å²) in [6.45, 7) is -0.437. The van der Waals surface area contributed by atoms with Gasteiger partial charge in [0, 0.05) is 0 Å². The summed E-state index contributed by atoms with van der Waals surface area (Å²) in [5.41, 5.74) is 6.17. The third kappa shape index (κ3) is 2.45. The van der Waals surface area contributed by atoms with Gasteiger partial charge in [0.15, 0.2) is 5.75 Å². The SMILES string of the molecule is NC(=S)c1oc2ccccc2c1OCC(O)CO. The van der Waals surface area contributed by atoms with E-state index >= 15 is 0 Å². The van der Waals surface area contributed by atoms with Crippen LogP contribution in [0.2, 0.25) is 0 Å². The predicted octanol–water partition coefficient (Wildman–Crippen LogP) is 0.799. The number of furan rings is 1. The van der Waals surface area contributed by atoms with Crippen LogP contribution in [0, 0.1) is 0 Å². The molecule has 0 bridgehead atoms. The standard InChI is InChI=1S/C12H13NO4S/c13-12(18)11-10(16-6-7(15)5-14)8-3-1-2-4-9(8)17-11/h1-4,7,14-15H,5-6H2,(H2,13,18). The average molecular weight is 267 g/mol. The van der Waals surface area contributed by atoms with Crippen LogP contribution >= 0.6 is 12.2 Å². The Morgan fingerprint density at radius 1 is 1.44 bits per heavy atom. The first-order chi connectivity index (χ1) is 8.63. The summed E-state index contributed by atoms with van der Waals surface area (Å²) >= 11 is 4.89. The molecular weight excluding hydrogens is 254 g/mol. The second-order valence-electron chi connectivity index (χ2n) is 3.77. The van der Waals surface area contributed by atoms with Gasteiger partial charge in [0.1, 0.15) is 23.3 Å². The lowest BCUT2D eigenvalue weighted by Gasteiger charge is -2.09. The van der Waals surface area contributed by atoms with Crippen molar-refractivity contribution in [1.82, 2.24) is 0 Å². The molecule has 0 saturated heterocycles. The summed E-state index contributed by atoms with van der Waals surface area (Å²) in [7, 11) is 0. The van der Waals surface area contributed by atoms with Crippen molar-refractivity contribution in [2.45, 2.75) is 6.10 Å². The number of aliphatic hydroxyl groups is 2. The van der Waals surface area contributed by atoms with Crippen molar-refractivity contribution < 1.29 is 19.4 Å². The van der Waals surface area contributed by atoms with Crippen LogP contribution in [0.1, 0.15) is 5.76 Å². The second kappa shape index (κ2) is 5.34. The monoisotopic (exact) mass is 267 g/mol. The molecule has 1 unspecified atom stereocenters. The Morgan fingerprint density at radius 3 is 2.83 bits per heavy atom. The molecule has 0 spiro atoms. The Labute approximate surface area is 109 Å². The molecule has 1 aromatic heterocycles. The van der Waals surface area contributed by atoms with Crippen LogP contribution in [0.3, 0.4) is 0 Å². The lowest BCUT2D eigenvalue weighted by atomic mass is 10.2. The number of aliphatic hydroxyl groups excluding tert-OH is 2. The van der Waals surface area contributed by atoms with E-state index in [9.17, 15) is 5.11 Å². The number of thiocarbonyl (C=S) groups is 1. The molecule has 5 nitrogen and oxygen atoms in total. The number of nitrogens with two attached hydrogens (primary N) is 1. The summed E-state index contributed by atoms with van der Waals surface area (Å²) < 4.78 is 10.9. The van der Waals surface area contributed by atoms with Crippen molar-refractivity contribution in [3.63, 3.8) is 0 Å². The number of fused-ring (bicyclic) bond motifs is 1. The van der Waals surface area contributed by atoms with E-state index in [2.05, 4.69) is 0 Å². The minimum Gasteiger partial charge on any atom is -0.486 e. The molecule has 0 saturated carbocycles. The van der Waals surface area contributed by atoms with Crippen molar-refractivity contribution in [2.24, 2.45) is 5.73 Å². The van der Waals surface area contributed by atoms with Crippen LogP contribution in [-0.4, -0.2) is 34.5 Å². The van der Waals surface area contributed by atoms with Gasteiger partial charge in [-0.25, -0.2) is 0 Å². The van der Waals surface area contributed by atoms with Gasteiger partial charge in [-0.15, -0.1) is 0 Å². The van der Waals surface area contributed by atoms with Crippen molar-refractivity contribution in [1.29, 1.82) is 0 Å². The van der Waals surface area contributed by atoms with Crippen molar-refractivity contribution in [3.05, 3.63) is 30.0 Å². The zero-order valence-electron chi connectivity index (χ0n) is 9.50. The van der Waals surface area contributed by atoms with Crippen LogP contribution in [0.4, 0.5) is 0 Å². The Kier molecular flexibility index (Phi) is 3.81. The van der Waals surface area contributed by atoms with Gasteiger partial charge in [0.2, 0.25) is 5.76 Å². The van der Waals surface area contributed by atoms with E-state index < -0.39 is 6.10 Å². The van der Waals surface area contributed by atoms with Crippen molar-refractivity contribution >= 4 is 28.2 Å². The maximum absolute atomic E-state index is 9.29. The molecule has 0 amide bonds. The smallest absolute Gasteiger partial charge is 0.204 e. The van der Waals surface area contributed by atoms with Crippen LogP contribution < -0.4 is 10.5 Å². The summed E-state index contributed by atoms with van der Waals surface area (Å²) in [6.07, 6.45) is -0.960. The molecule has 18 heavy (non-hydrogen) atoms. The van der Waals surface area contributed by atoms with Gasteiger partial charge in [0.25, 0.3) is 0 Å². The van der Waals surface area contributed by atoms with Gasteiger partial charge in [-0.2, -0.15) is 0 Å². The zero-order chi connectivity index (χ0) is 13.1. The largest absolute Gasteiger partial charge is 0.486 e. The first-order valence-electron chi connectivity index (χ1n) is 5.36. The Bertz CT molecular complexity index is 566. The van der Waals surface area contributed by atoms with Crippen molar-refractivity contribution in [2.75, 3.05) is 13.2 Å². The van der Waals surface area contributed by atoms with E-state index in [-0.39, 0.29) is 24.0 Å². The lowest BCUT2D eigenvalue weighted by Crippen LogP contribution is -2.22. The third-order valence-electron chi connectivity index (χ3n) is 2.40. The lowest BCUT2D eigenvalue weighted by molar-refractivity contribution is 0.0537. The second-order valence-corrected chi connectivity index (χ2v) is 4.21. The zero-order valence-corrected chi connectivity index (χ0v) is 10.3. The minimum atomic E-state index is -0.960. The number of benzene rings is 1. The maximum Gasteiger partial charge on any atom is 0.204 e. The summed E-state index contributed by atoms with van der Waals surface area (Å²) in [5.74, 6) is 0.668. The van der Waals surface area contributed by atoms with E-state index in [0.717, 1.165) is 5.39 Å². The molecule has 2 rings (SSSR count). The number of ether oxygens (including phenoxy) is 1. The van der Waals surface area contributed by atoms with Gasteiger partial charge in [-0.3, -0.25) is 0 Å². The van der Waals surface area contributed by atoms with E-state index in [1.807, 2.05) is 12.1 Å². The number of rotatable bonds is 5. The Hall–Kier alpha value is -1.63. The highest BCUT2D eigenvalue weighted by molar-refractivity contribution is 7.80. The van der Waals surface area contributed by atoms with Gasteiger partial charge >= 0.3 is 0 Å². The van der Waals surface area contributed by atoms with Crippen molar-refractivity contribution in [3.8, 4) is 5.75 Å². The highest BCUT2D eigenvalue weighted by Crippen LogP contribution is 2.33. The predicted molar refractivity (Wildman–Crippen MR) is 70.7 cm³/mol.